The highest BCUT2D eigenvalue weighted by atomic mass is 79.9. The highest BCUT2D eigenvalue weighted by Gasteiger charge is 2.21. The molecule has 1 atom stereocenters. The van der Waals surface area contributed by atoms with Gasteiger partial charge in [0.15, 0.2) is 0 Å². The third-order valence-corrected chi connectivity index (χ3v) is 4.58. The van der Waals surface area contributed by atoms with Crippen molar-refractivity contribution in [2.24, 2.45) is 5.73 Å². The van der Waals surface area contributed by atoms with Crippen LogP contribution in [-0.4, -0.2) is 9.55 Å². The molecule has 0 aliphatic carbocycles. The lowest BCUT2D eigenvalue weighted by atomic mass is 10.1. The summed E-state index contributed by atoms with van der Waals surface area (Å²) >= 11 is 5.19. The van der Waals surface area contributed by atoms with E-state index < -0.39 is 0 Å². The number of hydrogen-bond acceptors (Lipinski definition) is 3. The van der Waals surface area contributed by atoms with Gasteiger partial charge in [-0.05, 0) is 40.9 Å². The Hall–Kier alpha value is -0.650. The Kier molecular flexibility index (Phi) is 2.61. The molecule has 2 N–H and O–H groups in total. The summed E-state index contributed by atoms with van der Waals surface area (Å²) in [5, 5.41) is 0. The molecule has 0 fully saturated rings. The molecule has 0 amide bonds. The number of rotatable bonds is 1. The zero-order valence-electron chi connectivity index (χ0n) is 8.69. The lowest BCUT2D eigenvalue weighted by molar-refractivity contribution is 0.466. The Balaban J connectivity index is 2.09. The number of fused-ring (bicyclic) bond motifs is 1. The van der Waals surface area contributed by atoms with Crippen molar-refractivity contribution < 1.29 is 0 Å². The third kappa shape index (κ3) is 1.63. The van der Waals surface area contributed by atoms with Gasteiger partial charge >= 0.3 is 0 Å². The molecule has 84 valence electrons. The largest absolute Gasteiger partial charge is 0.326 e. The van der Waals surface area contributed by atoms with Crippen LogP contribution in [0.5, 0.6) is 0 Å². The number of aromatic nitrogens is 2. The Morgan fingerprint density at radius 1 is 1.50 bits per heavy atom. The molecular weight excluding hydrogens is 286 g/mol. The molecule has 16 heavy (non-hydrogen) atoms. The van der Waals surface area contributed by atoms with Gasteiger partial charge in [-0.3, -0.25) is 0 Å². The van der Waals surface area contributed by atoms with Gasteiger partial charge in [-0.1, -0.05) is 0 Å². The van der Waals surface area contributed by atoms with E-state index in [1.807, 2.05) is 6.20 Å². The average Bonchev–Trinajstić information content (AvgIpc) is 2.84. The lowest BCUT2D eigenvalue weighted by Crippen LogP contribution is -2.21. The maximum atomic E-state index is 6.08. The highest BCUT2D eigenvalue weighted by Crippen LogP contribution is 2.34. The Bertz CT molecular complexity index is 517. The summed E-state index contributed by atoms with van der Waals surface area (Å²) in [5.41, 5.74) is 7.25. The number of halogens is 1. The number of hydrogen-bond donors (Lipinski definition) is 1. The first-order valence-corrected chi connectivity index (χ1v) is 6.93. The number of nitrogens with two attached hydrogens (primary N) is 1. The van der Waals surface area contributed by atoms with Gasteiger partial charge in [0.1, 0.15) is 5.82 Å². The van der Waals surface area contributed by atoms with E-state index in [-0.39, 0.29) is 6.04 Å². The van der Waals surface area contributed by atoms with Gasteiger partial charge in [-0.25, -0.2) is 4.98 Å². The Morgan fingerprint density at radius 3 is 3.12 bits per heavy atom. The molecule has 0 radical (unpaired) electrons. The van der Waals surface area contributed by atoms with Gasteiger partial charge in [0.25, 0.3) is 0 Å². The van der Waals surface area contributed by atoms with E-state index >= 15 is 0 Å². The smallest absolute Gasteiger partial charge is 0.150 e. The maximum Gasteiger partial charge on any atom is 0.150 e. The number of thiophene rings is 1. The Labute approximate surface area is 106 Å². The van der Waals surface area contributed by atoms with Crippen LogP contribution in [0.4, 0.5) is 0 Å². The second kappa shape index (κ2) is 3.98. The van der Waals surface area contributed by atoms with E-state index in [1.54, 1.807) is 11.3 Å². The summed E-state index contributed by atoms with van der Waals surface area (Å²) in [7, 11) is 0. The second-order valence-electron chi connectivity index (χ2n) is 4.01. The van der Waals surface area contributed by atoms with E-state index in [1.165, 1.54) is 10.6 Å². The molecule has 0 saturated carbocycles. The molecule has 0 spiro atoms. The van der Waals surface area contributed by atoms with Gasteiger partial charge in [0.2, 0.25) is 0 Å². The summed E-state index contributed by atoms with van der Waals surface area (Å²) in [6.07, 6.45) is 4.14. The fourth-order valence-corrected chi connectivity index (χ4v) is 3.56. The van der Waals surface area contributed by atoms with Crippen molar-refractivity contribution in [1.82, 2.24) is 9.55 Å². The third-order valence-electron chi connectivity index (χ3n) is 2.96. The number of nitrogens with zero attached hydrogens (tertiary/aromatic N) is 2. The highest BCUT2D eigenvalue weighted by molar-refractivity contribution is 9.11. The summed E-state index contributed by atoms with van der Waals surface area (Å²) in [5.74, 6) is 1.06. The zero-order chi connectivity index (χ0) is 11.1. The molecular formula is C11H12BrN3S. The van der Waals surface area contributed by atoms with Crippen molar-refractivity contribution in [3.8, 4) is 10.7 Å². The molecule has 3 rings (SSSR count). The predicted octanol–water partition coefficient (Wildman–Crippen LogP) is 3.17. The van der Waals surface area contributed by atoms with Crippen LogP contribution >= 0.6 is 27.3 Å². The molecule has 1 aliphatic heterocycles. The van der Waals surface area contributed by atoms with Crippen molar-refractivity contribution in [3.05, 3.63) is 27.8 Å². The molecule has 1 aliphatic rings. The van der Waals surface area contributed by atoms with Gasteiger partial charge < -0.3 is 10.3 Å². The summed E-state index contributed by atoms with van der Waals surface area (Å²) in [6.45, 7) is 1.04. The molecule has 3 nitrogen and oxygen atoms in total. The zero-order valence-corrected chi connectivity index (χ0v) is 11.1. The van der Waals surface area contributed by atoms with Crippen LogP contribution < -0.4 is 5.73 Å². The van der Waals surface area contributed by atoms with Crippen LogP contribution in [0, 0.1) is 0 Å². The van der Waals surface area contributed by atoms with Crippen molar-refractivity contribution >= 4 is 27.3 Å². The first-order chi connectivity index (χ1) is 7.75. The minimum Gasteiger partial charge on any atom is -0.326 e. The fraction of sp³-hybridized carbons (Fsp3) is 0.364. The predicted molar refractivity (Wildman–Crippen MR) is 69.4 cm³/mol. The van der Waals surface area contributed by atoms with Gasteiger partial charge in [-0.2, -0.15) is 0 Å². The summed E-state index contributed by atoms with van der Waals surface area (Å²) < 4.78 is 3.40. The van der Waals surface area contributed by atoms with Crippen LogP contribution in [0.15, 0.2) is 22.1 Å². The molecule has 0 bridgehead atoms. The molecule has 3 heterocycles. The van der Waals surface area contributed by atoms with E-state index in [0.717, 1.165) is 29.0 Å². The monoisotopic (exact) mass is 297 g/mol. The van der Waals surface area contributed by atoms with Gasteiger partial charge in [0.05, 0.1) is 20.6 Å². The van der Waals surface area contributed by atoms with Gasteiger partial charge in [-0.15, -0.1) is 11.3 Å². The normalized spacial score (nSPS) is 19.8. The van der Waals surface area contributed by atoms with E-state index in [9.17, 15) is 0 Å². The minimum absolute atomic E-state index is 0.151. The summed E-state index contributed by atoms with van der Waals surface area (Å²) in [4.78, 5) is 5.71. The van der Waals surface area contributed by atoms with Crippen LogP contribution in [0.1, 0.15) is 24.6 Å². The van der Waals surface area contributed by atoms with E-state index in [0.29, 0.717) is 0 Å². The van der Waals surface area contributed by atoms with Crippen molar-refractivity contribution in [1.29, 1.82) is 0 Å². The van der Waals surface area contributed by atoms with Gasteiger partial charge in [0, 0.05) is 12.6 Å². The topological polar surface area (TPSA) is 43.8 Å². The molecule has 0 saturated heterocycles. The molecule has 0 aromatic carbocycles. The second-order valence-corrected chi connectivity index (χ2v) is 6.47. The van der Waals surface area contributed by atoms with Crippen molar-refractivity contribution in [2.75, 3.05) is 0 Å². The van der Waals surface area contributed by atoms with Crippen LogP contribution in [0.25, 0.3) is 10.7 Å². The van der Waals surface area contributed by atoms with Crippen LogP contribution in [0.2, 0.25) is 0 Å². The quantitative estimate of drug-likeness (QED) is 0.879. The standard InChI is InChI=1S/C11H12BrN3S/c12-10-4-3-9(16-10)11-14-6-8-7(13)2-1-5-15(8)11/h3-4,6-7H,1-2,5,13H2. The molecule has 5 heteroatoms. The minimum atomic E-state index is 0.151. The van der Waals surface area contributed by atoms with E-state index in [2.05, 4.69) is 37.6 Å². The average molecular weight is 298 g/mol. The van der Waals surface area contributed by atoms with Crippen molar-refractivity contribution in [2.45, 2.75) is 25.4 Å². The van der Waals surface area contributed by atoms with Crippen LogP contribution in [-0.2, 0) is 6.54 Å². The summed E-state index contributed by atoms with van der Waals surface area (Å²) in [6, 6.07) is 4.31. The molecule has 2 aromatic heterocycles. The Morgan fingerprint density at radius 2 is 2.38 bits per heavy atom. The van der Waals surface area contributed by atoms with Crippen LogP contribution in [0.3, 0.4) is 0 Å². The fourth-order valence-electron chi connectivity index (χ4n) is 2.17. The first kappa shape index (κ1) is 10.5. The molecule has 1 unspecified atom stereocenters. The SMILES string of the molecule is NC1CCCn2c1cnc2-c1ccc(Br)s1. The molecule has 2 aromatic rings. The van der Waals surface area contributed by atoms with Crippen molar-refractivity contribution in [3.63, 3.8) is 0 Å². The first-order valence-electron chi connectivity index (χ1n) is 5.32. The number of imidazole rings is 1. The maximum absolute atomic E-state index is 6.08. The lowest BCUT2D eigenvalue weighted by Gasteiger charge is -2.21. The van der Waals surface area contributed by atoms with E-state index in [4.69, 9.17) is 5.73 Å².